The van der Waals surface area contributed by atoms with E-state index in [1.165, 1.54) is 12.1 Å². The number of halogens is 7. The highest BCUT2D eigenvalue weighted by Crippen LogP contribution is 2.38. The Balaban J connectivity index is 1.91. The number of nitrogens with one attached hydrogen (secondary N) is 1. The maximum atomic E-state index is 13.7. The summed E-state index contributed by atoms with van der Waals surface area (Å²) >= 11 is 0. The van der Waals surface area contributed by atoms with E-state index in [9.17, 15) is 30.7 Å². The van der Waals surface area contributed by atoms with E-state index in [1.807, 2.05) is 0 Å². The van der Waals surface area contributed by atoms with Crippen molar-refractivity contribution in [1.82, 2.24) is 19.9 Å². The largest absolute Gasteiger partial charge is 0.496 e. The lowest BCUT2D eigenvalue weighted by molar-refractivity contribution is -0.140. The van der Waals surface area contributed by atoms with Gasteiger partial charge in [-0.3, -0.25) is 0 Å². The van der Waals surface area contributed by atoms with Crippen LogP contribution < -0.4 is 4.74 Å². The fourth-order valence-corrected chi connectivity index (χ4v) is 3.02. The van der Waals surface area contributed by atoms with Crippen LogP contribution in [-0.4, -0.2) is 27.0 Å². The second-order valence-corrected chi connectivity index (χ2v) is 6.60. The van der Waals surface area contributed by atoms with E-state index in [4.69, 9.17) is 4.74 Å². The molecule has 4 rings (SSSR count). The highest BCUT2D eigenvalue weighted by Gasteiger charge is 2.37. The second-order valence-electron chi connectivity index (χ2n) is 6.60. The summed E-state index contributed by atoms with van der Waals surface area (Å²) in [6.45, 7) is 0. The van der Waals surface area contributed by atoms with Crippen LogP contribution in [0.15, 0.2) is 42.5 Å². The van der Waals surface area contributed by atoms with Crippen molar-refractivity contribution in [2.24, 2.45) is 0 Å². The second kappa shape index (κ2) is 7.46. The molecule has 2 aromatic carbocycles. The smallest absolute Gasteiger partial charge is 0.435 e. The van der Waals surface area contributed by atoms with E-state index >= 15 is 0 Å². The Hall–Kier alpha value is -3.70. The van der Waals surface area contributed by atoms with Crippen molar-refractivity contribution in [3.8, 4) is 28.5 Å². The van der Waals surface area contributed by atoms with E-state index in [0.29, 0.717) is 6.07 Å². The zero-order valence-electron chi connectivity index (χ0n) is 15.9. The Bertz CT molecular complexity index is 1290. The Labute approximate surface area is 174 Å². The Morgan fingerprint density at radius 1 is 0.844 bits per heavy atom. The van der Waals surface area contributed by atoms with Crippen LogP contribution in [0.4, 0.5) is 30.7 Å². The Morgan fingerprint density at radius 2 is 1.53 bits per heavy atom. The first-order chi connectivity index (χ1) is 15.0. The number of aromatic amines is 1. The maximum absolute atomic E-state index is 13.7. The number of hydrogen-bond acceptors (Lipinski definition) is 4. The van der Waals surface area contributed by atoms with Gasteiger partial charge in [0, 0.05) is 5.56 Å². The van der Waals surface area contributed by atoms with Crippen molar-refractivity contribution in [2.45, 2.75) is 12.4 Å². The summed E-state index contributed by atoms with van der Waals surface area (Å²) in [4.78, 5) is 14.0. The summed E-state index contributed by atoms with van der Waals surface area (Å²) in [5, 5.41) is 0. The minimum absolute atomic E-state index is 0.00467. The van der Waals surface area contributed by atoms with Crippen molar-refractivity contribution < 1.29 is 35.5 Å². The van der Waals surface area contributed by atoms with Crippen LogP contribution in [-0.2, 0) is 12.4 Å². The third kappa shape index (κ3) is 3.95. The SMILES string of the molecule is COc1cc(C(F)(F)F)ccc1-c1nc2nc(-c3ccc(F)cc3)nc(C(F)(F)F)c2[nH]1. The zero-order valence-corrected chi connectivity index (χ0v) is 15.9. The molecule has 0 fully saturated rings. The molecule has 2 aromatic heterocycles. The molecule has 12 heteroatoms. The molecule has 0 aliphatic carbocycles. The first-order valence-corrected chi connectivity index (χ1v) is 8.84. The molecule has 0 saturated carbocycles. The molecule has 0 aliphatic heterocycles. The Morgan fingerprint density at radius 3 is 2.12 bits per heavy atom. The maximum Gasteiger partial charge on any atom is 0.435 e. The summed E-state index contributed by atoms with van der Waals surface area (Å²) in [5.41, 5.74) is -3.13. The number of rotatable bonds is 3. The van der Waals surface area contributed by atoms with Gasteiger partial charge in [0.05, 0.1) is 18.2 Å². The van der Waals surface area contributed by atoms with Gasteiger partial charge in [0.2, 0.25) is 0 Å². The van der Waals surface area contributed by atoms with Gasteiger partial charge in [-0.2, -0.15) is 26.3 Å². The molecular weight excluding hydrogens is 445 g/mol. The standard InChI is InChI=1S/C20H11F7N4O/c1-32-13-8-10(19(22,23)24)4-7-12(13)17-28-14-15(20(25,26)27)29-16(30-18(14)31-17)9-2-5-11(21)6-3-9/h2-8H,1H3,(H,28,29,30,31). The summed E-state index contributed by atoms with van der Waals surface area (Å²) in [7, 11) is 1.12. The van der Waals surface area contributed by atoms with E-state index in [2.05, 4.69) is 19.9 Å². The van der Waals surface area contributed by atoms with Crippen LogP contribution in [0.5, 0.6) is 5.75 Å². The fourth-order valence-electron chi connectivity index (χ4n) is 3.02. The minimum Gasteiger partial charge on any atom is -0.496 e. The molecular formula is C20H11F7N4O. The molecule has 0 atom stereocenters. The number of hydrogen-bond donors (Lipinski definition) is 1. The predicted octanol–water partition coefficient (Wildman–Crippen LogP) is 5.87. The highest BCUT2D eigenvalue weighted by atomic mass is 19.4. The van der Waals surface area contributed by atoms with Crippen molar-refractivity contribution in [1.29, 1.82) is 0 Å². The molecule has 4 aromatic rings. The third-order valence-electron chi connectivity index (χ3n) is 4.51. The lowest BCUT2D eigenvalue weighted by Crippen LogP contribution is -2.11. The Kier molecular flexibility index (Phi) is 5.02. The molecule has 1 N–H and O–H groups in total. The van der Waals surface area contributed by atoms with Crippen LogP contribution in [0.25, 0.3) is 33.9 Å². The van der Waals surface area contributed by atoms with Crippen LogP contribution in [0.2, 0.25) is 0 Å². The summed E-state index contributed by atoms with van der Waals surface area (Å²) in [6.07, 6.45) is -9.54. The monoisotopic (exact) mass is 456 g/mol. The fraction of sp³-hybridized carbons (Fsp3) is 0.150. The van der Waals surface area contributed by atoms with Crippen molar-refractivity contribution in [2.75, 3.05) is 7.11 Å². The summed E-state index contributed by atoms with van der Waals surface area (Å²) in [5.74, 6) is -1.38. The average Bonchev–Trinajstić information content (AvgIpc) is 3.15. The number of aromatic nitrogens is 4. The summed E-state index contributed by atoms with van der Waals surface area (Å²) in [6, 6.07) is 7.00. The topological polar surface area (TPSA) is 63.7 Å². The van der Waals surface area contributed by atoms with Gasteiger partial charge in [-0.15, -0.1) is 0 Å². The summed E-state index contributed by atoms with van der Waals surface area (Å²) < 4.78 is 98.1. The van der Waals surface area contributed by atoms with E-state index in [0.717, 1.165) is 31.4 Å². The predicted molar refractivity (Wildman–Crippen MR) is 99.1 cm³/mol. The molecule has 2 heterocycles. The molecule has 0 unspecified atom stereocenters. The van der Waals surface area contributed by atoms with Crippen molar-refractivity contribution in [3.05, 3.63) is 59.5 Å². The van der Waals surface area contributed by atoms with Gasteiger partial charge >= 0.3 is 12.4 Å². The van der Waals surface area contributed by atoms with Gasteiger partial charge < -0.3 is 9.72 Å². The average molecular weight is 456 g/mol. The van der Waals surface area contributed by atoms with E-state index in [1.54, 1.807) is 0 Å². The molecule has 0 saturated heterocycles. The van der Waals surface area contributed by atoms with Crippen LogP contribution >= 0.6 is 0 Å². The number of ether oxygens (including phenoxy) is 1. The van der Waals surface area contributed by atoms with Crippen molar-refractivity contribution in [3.63, 3.8) is 0 Å². The number of fused-ring (bicyclic) bond motifs is 1. The molecule has 0 spiro atoms. The molecule has 5 nitrogen and oxygen atoms in total. The molecule has 32 heavy (non-hydrogen) atoms. The number of alkyl halides is 6. The van der Waals surface area contributed by atoms with Gasteiger partial charge in [0.15, 0.2) is 17.2 Å². The minimum atomic E-state index is -4.90. The molecule has 166 valence electrons. The van der Waals surface area contributed by atoms with Crippen LogP contribution in [0.1, 0.15) is 11.3 Å². The molecule has 0 bridgehead atoms. The number of H-pyrrole nitrogens is 1. The highest BCUT2D eigenvalue weighted by molar-refractivity contribution is 5.81. The number of imidazole rings is 1. The molecule has 0 amide bonds. The van der Waals surface area contributed by atoms with Gasteiger partial charge in [0.1, 0.15) is 22.9 Å². The third-order valence-corrected chi connectivity index (χ3v) is 4.51. The number of benzene rings is 2. The van der Waals surface area contributed by atoms with Gasteiger partial charge in [0.25, 0.3) is 0 Å². The van der Waals surface area contributed by atoms with Gasteiger partial charge in [-0.25, -0.2) is 19.3 Å². The van der Waals surface area contributed by atoms with Crippen LogP contribution in [0, 0.1) is 5.82 Å². The first kappa shape index (κ1) is 21.5. The van der Waals surface area contributed by atoms with Crippen molar-refractivity contribution >= 4 is 11.2 Å². The zero-order chi connectivity index (χ0) is 23.3. The van der Waals surface area contributed by atoms with Gasteiger partial charge in [-0.1, -0.05) is 0 Å². The lowest BCUT2D eigenvalue weighted by Gasteiger charge is -2.11. The normalized spacial score (nSPS) is 12.4. The number of methoxy groups -OCH3 is 1. The lowest BCUT2D eigenvalue weighted by atomic mass is 10.1. The first-order valence-electron chi connectivity index (χ1n) is 8.84. The molecule has 0 aliphatic rings. The van der Waals surface area contributed by atoms with E-state index < -0.39 is 34.9 Å². The van der Waals surface area contributed by atoms with Gasteiger partial charge in [-0.05, 0) is 42.5 Å². The number of nitrogens with zero attached hydrogens (tertiary/aromatic N) is 3. The molecule has 0 radical (unpaired) electrons. The quantitative estimate of drug-likeness (QED) is 0.392. The van der Waals surface area contributed by atoms with E-state index in [-0.39, 0.29) is 34.2 Å². The van der Waals surface area contributed by atoms with Crippen LogP contribution in [0.3, 0.4) is 0 Å².